The Morgan fingerprint density at radius 2 is 2.17 bits per heavy atom. The van der Waals surface area contributed by atoms with Gasteiger partial charge >= 0.3 is 0 Å². The van der Waals surface area contributed by atoms with E-state index < -0.39 is 0 Å². The number of nitrogens with one attached hydrogen (secondary N) is 1. The van der Waals surface area contributed by atoms with Gasteiger partial charge in [-0.1, -0.05) is 13.8 Å². The van der Waals surface area contributed by atoms with Gasteiger partial charge in [-0.2, -0.15) is 0 Å². The monoisotopic (exact) mass is 192 g/mol. The molecule has 1 fully saturated rings. The maximum Gasteiger partial charge on any atom is 0.0218 e. The van der Waals surface area contributed by atoms with Crippen molar-refractivity contribution in [3.05, 3.63) is 0 Å². The predicted octanol–water partition coefficient (Wildman–Crippen LogP) is 1.50. The summed E-state index contributed by atoms with van der Waals surface area (Å²) in [7, 11) is 0. The van der Waals surface area contributed by atoms with Crippen LogP contribution >= 0.6 is 12.4 Å². The highest BCUT2D eigenvalue weighted by atomic mass is 35.5. The van der Waals surface area contributed by atoms with Crippen molar-refractivity contribution in [3.63, 3.8) is 0 Å². The van der Waals surface area contributed by atoms with E-state index in [-0.39, 0.29) is 12.4 Å². The van der Waals surface area contributed by atoms with Crippen molar-refractivity contribution < 1.29 is 0 Å². The molecule has 1 aliphatic heterocycles. The van der Waals surface area contributed by atoms with Gasteiger partial charge in [0.15, 0.2) is 0 Å². The third-order valence-electron chi connectivity index (χ3n) is 2.45. The van der Waals surface area contributed by atoms with Crippen LogP contribution < -0.4 is 5.32 Å². The molecule has 0 aromatic rings. The lowest BCUT2D eigenvalue weighted by atomic mass is 10.1. The molecule has 0 aromatic carbocycles. The summed E-state index contributed by atoms with van der Waals surface area (Å²) in [5, 5.41) is 3.43. The molecule has 0 aliphatic carbocycles. The summed E-state index contributed by atoms with van der Waals surface area (Å²) in [6, 6.07) is 0.795. The van der Waals surface area contributed by atoms with Crippen molar-refractivity contribution in [1.82, 2.24) is 10.2 Å². The number of nitrogens with zero attached hydrogens (tertiary/aromatic N) is 1. The first-order chi connectivity index (χ1) is 5.38. The second kappa shape index (κ2) is 6.70. The van der Waals surface area contributed by atoms with Gasteiger partial charge in [-0.05, 0) is 19.4 Å². The van der Waals surface area contributed by atoms with Crippen LogP contribution in [0.25, 0.3) is 0 Å². The van der Waals surface area contributed by atoms with Crippen LogP contribution in [0.1, 0.15) is 26.7 Å². The lowest BCUT2D eigenvalue weighted by Crippen LogP contribution is -2.50. The Hall–Kier alpha value is 0.210. The lowest BCUT2D eigenvalue weighted by molar-refractivity contribution is 0.157. The zero-order valence-corrected chi connectivity index (χ0v) is 8.99. The first-order valence-electron chi connectivity index (χ1n) is 4.83. The Balaban J connectivity index is 0.00000121. The molecular formula is C9H21ClN2. The number of hydrogen-bond acceptors (Lipinski definition) is 2. The van der Waals surface area contributed by atoms with Crippen LogP contribution in [0, 0.1) is 0 Å². The first kappa shape index (κ1) is 12.2. The number of piperazine rings is 1. The number of rotatable bonds is 3. The maximum absolute atomic E-state index is 3.43. The third-order valence-corrected chi connectivity index (χ3v) is 2.45. The fourth-order valence-electron chi connectivity index (χ4n) is 1.79. The Morgan fingerprint density at radius 3 is 2.75 bits per heavy atom. The molecule has 0 amide bonds. The molecule has 12 heavy (non-hydrogen) atoms. The SMILES string of the molecule is CCCN1CCNCC1CC.Cl. The summed E-state index contributed by atoms with van der Waals surface area (Å²) >= 11 is 0. The van der Waals surface area contributed by atoms with Gasteiger partial charge in [0.1, 0.15) is 0 Å². The summed E-state index contributed by atoms with van der Waals surface area (Å²) in [5.41, 5.74) is 0. The zero-order chi connectivity index (χ0) is 8.10. The highest BCUT2D eigenvalue weighted by molar-refractivity contribution is 5.85. The molecule has 0 aromatic heterocycles. The van der Waals surface area contributed by atoms with Crippen molar-refractivity contribution >= 4 is 12.4 Å². The summed E-state index contributed by atoms with van der Waals surface area (Å²) in [4.78, 5) is 2.61. The summed E-state index contributed by atoms with van der Waals surface area (Å²) in [6.45, 7) is 9.43. The van der Waals surface area contributed by atoms with Crippen LogP contribution in [0.5, 0.6) is 0 Å². The topological polar surface area (TPSA) is 15.3 Å². The normalized spacial score (nSPS) is 25.0. The Kier molecular flexibility index (Phi) is 6.81. The van der Waals surface area contributed by atoms with Gasteiger partial charge in [0.05, 0.1) is 0 Å². The van der Waals surface area contributed by atoms with Crippen molar-refractivity contribution in [2.24, 2.45) is 0 Å². The van der Waals surface area contributed by atoms with E-state index in [0.717, 1.165) is 6.04 Å². The largest absolute Gasteiger partial charge is 0.314 e. The van der Waals surface area contributed by atoms with Crippen molar-refractivity contribution in [3.8, 4) is 0 Å². The first-order valence-corrected chi connectivity index (χ1v) is 4.83. The van der Waals surface area contributed by atoms with E-state index in [1.807, 2.05) is 0 Å². The van der Waals surface area contributed by atoms with Gasteiger partial charge in [-0.15, -0.1) is 12.4 Å². The third kappa shape index (κ3) is 3.30. The molecule has 1 heterocycles. The van der Waals surface area contributed by atoms with Gasteiger partial charge in [-0.3, -0.25) is 4.90 Å². The smallest absolute Gasteiger partial charge is 0.0218 e. The van der Waals surface area contributed by atoms with Crippen LogP contribution in [0.2, 0.25) is 0 Å². The zero-order valence-electron chi connectivity index (χ0n) is 8.18. The molecule has 2 nitrogen and oxygen atoms in total. The van der Waals surface area contributed by atoms with Crippen LogP contribution in [-0.4, -0.2) is 37.1 Å². The van der Waals surface area contributed by atoms with E-state index in [1.54, 1.807) is 0 Å². The molecule has 0 spiro atoms. The Labute approximate surface area is 82.1 Å². The minimum atomic E-state index is 0. The second-order valence-electron chi connectivity index (χ2n) is 3.30. The summed E-state index contributed by atoms with van der Waals surface area (Å²) < 4.78 is 0. The van der Waals surface area contributed by atoms with Crippen LogP contribution in [0.4, 0.5) is 0 Å². The van der Waals surface area contributed by atoms with Gasteiger partial charge in [0, 0.05) is 25.7 Å². The van der Waals surface area contributed by atoms with E-state index >= 15 is 0 Å². The molecule has 1 aliphatic rings. The molecule has 1 N–H and O–H groups in total. The molecule has 0 radical (unpaired) electrons. The van der Waals surface area contributed by atoms with Crippen molar-refractivity contribution in [2.75, 3.05) is 26.2 Å². The fourth-order valence-corrected chi connectivity index (χ4v) is 1.79. The van der Waals surface area contributed by atoms with E-state index in [4.69, 9.17) is 0 Å². The average Bonchev–Trinajstić information content (AvgIpc) is 2.06. The molecule has 1 saturated heterocycles. The van der Waals surface area contributed by atoms with Gasteiger partial charge in [-0.25, -0.2) is 0 Å². The predicted molar refractivity (Wildman–Crippen MR) is 56.1 cm³/mol. The standard InChI is InChI=1S/C9H20N2.ClH/c1-3-6-11-7-5-10-8-9(11)4-2;/h9-10H,3-8H2,1-2H3;1H. The molecular weight excluding hydrogens is 172 g/mol. The highest BCUT2D eigenvalue weighted by Gasteiger charge is 2.18. The number of hydrogen-bond donors (Lipinski definition) is 1. The van der Waals surface area contributed by atoms with Crippen LogP contribution in [-0.2, 0) is 0 Å². The minimum Gasteiger partial charge on any atom is -0.314 e. The minimum absolute atomic E-state index is 0. The van der Waals surface area contributed by atoms with Gasteiger partial charge in [0.25, 0.3) is 0 Å². The molecule has 0 bridgehead atoms. The molecule has 1 rings (SSSR count). The van der Waals surface area contributed by atoms with E-state index in [9.17, 15) is 0 Å². The molecule has 3 heteroatoms. The van der Waals surface area contributed by atoms with E-state index in [2.05, 4.69) is 24.1 Å². The quantitative estimate of drug-likeness (QED) is 0.730. The summed E-state index contributed by atoms with van der Waals surface area (Å²) in [5.74, 6) is 0. The molecule has 74 valence electrons. The maximum atomic E-state index is 3.43. The fraction of sp³-hybridized carbons (Fsp3) is 1.00. The molecule has 1 atom stereocenters. The Morgan fingerprint density at radius 1 is 1.42 bits per heavy atom. The van der Waals surface area contributed by atoms with Crippen LogP contribution in [0.15, 0.2) is 0 Å². The Bertz CT molecular complexity index is 107. The van der Waals surface area contributed by atoms with E-state index in [0.29, 0.717) is 0 Å². The molecule has 0 saturated carbocycles. The van der Waals surface area contributed by atoms with Gasteiger partial charge < -0.3 is 5.32 Å². The number of halogens is 1. The highest BCUT2D eigenvalue weighted by Crippen LogP contribution is 2.06. The van der Waals surface area contributed by atoms with Gasteiger partial charge in [0.2, 0.25) is 0 Å². The second-order valence-corrected chi connectivity index (χ2v) is 3.30. The van der Waals surface area contributed by atoms with E-state index in [1.165, 1.54) is 39.0 Å². The molecule has 1 unspecified atom stereocenters. The average molecular weight is 193 g/mol. The van der Waals surface area contributed by atoms with Crippen molar-refractivity contribution in [2.45, 2.75) is 32.7 Å². The van der Waals surface area contributed by atoms with Crippen molar-refractivity contribution in [1.29, 1.82) is 0 Å². The lowest BCUT2D eigenvalue weighted by Gasteiger charge is -2.35. The van der Waals surface area contributed by atoms with Crippen LogP contribution in [0.3, 0.4) is 0 Å². The summed E-state index contributed by atoms with van der Waals surface area (Å²) in [6.07, 6.45) is 2.57.